The number of methoxy groups -OCH3 is 1. The van der Waals surface area contributed by atoms with Gasteiger partial charge in [-0.05, 0) is 41.4 Å². The molecule has 1 saturated heterocycles. The predicted molar refractivity (Wildman–Crippen MR) is 72.0 cm³/mol. The summed E-state index contributed by atoms with van der Waals surface area (Å²) in [6, 6.07) is 2.15. The number of hydrogen-bond acceptors (Lipinski definition) is 4. The van der Waals surface area contributed by atoms with Crippen LogP contribution in [-0.2, 0) is 16.1 Å². The lowest BCUT2D eigenvalue weighted by Crippen LogP contribution is -2.38. The molecule has 17 heavy (non-hydrogen) atoms. The quantitative estimate of drug-likeness (QED) is 0.803. The van der Waals surface area contributed by atoms with Gasteiger partial charge in [0.25, 0.3) is 0 Å². The second kappa shape index (κ2) is 5.98. The molecule has 2 heterocycles. The Hall–Kier alpha value is -0.390. The SMILES string of the molecule is COC(=O)[C@@H]1CCCN(Cc2cc(Br)cs2)C1. The van der Waals surface area contributed by atoms with Gasteiger partial charge in [0.05, 0.1) is 13.0 Å². The van der Waals surface area contributed by atoms with Gasteiger partial charge in [0.15, 0.2) is 0 Å². The van der Waals surface area contributed by atoms with Gasteiger partial charge in [-0.25, -0.2) is 0 Å². The van der Waals surface area contributed by atoms with E-state index in [9.17, 15) is 4.79 Å². The number of carbonyl (C=O) groups is 1. The molecule has 1 fully saturated rings. The first-order valence-electron chi connectivity index (χ1n) is 5.72. The first-order chi connectivity index (χ1) is 8.19. The highest BCUT2D eigenvalue weighted by Crippen LogP contribution is 2.24. The molecule has 0 amide bonds. The standard InChI is InChI=1S/C12H16BrNO2S/c1-16-12(15)9-3-2-4-14(6-9)7-11-5-10(13)8-17-11/h5,8-9H,2-4,6-7H2,1H3/t9-/m1/s1. The van der Waals surface area contributed by atoms with Crippen LogP contribution in [-0.4, -0.2) is 31.1 Å². The topological polar surface area (TPSA) is 29.5 Å². The molecule has 0 spiro atoms. The smallest absolute Gasteiger partial charge is 0.309 e. The zero-order valence-corrected chi connectivity index (χ0v) is 12.2. The van der Waals surface area contributed by atoms with Gasteiger partial charge in [-0.1, -0.05) is 0 Å². The van der Waals surface area contributed by atoms with E-state index in [0.29, 0.717) is 0 Å². The van der Waals surface area contributed by atoms with Gasteiger partial charge in [-0.2, -0.15) is 0 Å². The Morgan fingerprint density at radius 2 is 2.53 bits per heavy atom. The van der Waals surface area contributed by atoms with Crippen molar-refractivity contribution in [2.75, 3.05) is 20.2 Å². The van der Waals surface area contributed by atoms with Crippen LogP contribution < -0.4 is 0 Å². The lowest BCUT2D eigenvalue weighted by molar-refractivity contribution is -0.147. The minimum absolute atomic E-state index is 0.0529. The van der Waals surface area contributed by atoms with E-state index in [4.69, 9.17) is 4.74 Å². The number of esters is 1. The molecule has 5 heteroatoms. The van der Waals surface area contributed by atoms with Crippen LogP contribution in [0.15, 0.2) is 15.9 Å². The summed E-state index contributed by atoms with van der Waals surface area (Å²) in [6.07, 6.45) is 2.03. The Labute approximate surface area is 114 Å². The summed E-state index contributed by atoms with van der Waals surface area (Å²) in [5, 5.41) is 2.09. The number of piperidine rings is 1. The number of hydrogen-bond donors (Lipinski definition) is 0. The largest absolute Gasteiger partial charge is 0.469 e. The van der Waals surface area contributed by atoms with Crippen LogP contribution in [0.3, 0.4) is 0 Å². The van der Waals surface area contributed by atoms with Crippen molar-refractivity contribution in [3.05, 3.63) is 20.8 Å². The Morgan fingerprint density at radius 1 is 1.71 bits per heavy atom. The molecule has 3 nitrogen and oxygen atoms in total. The molecule has 1 aromatic rings. The fourth-order valence-electron chi connectivity index (χ4n) is 2.22. The van der Waals surface area contributed by atoms with E-state index in [1.54, 1.807) is 11.3 Å². The number of thiophene rings is 1. The Bertz CT molecular complexity index is 394. The summed E-state index contributed by atoms with van der Waals surface area (Å²) in [4.78, 5) is 15.2. The number of rotatable bonds is 3. The molecule has 0 saturated carbocycles. The van der Waals surface area contributed by atoms with Crippen LogP contribution in [0, 0.1) is 5.92 Å². The molecule has 1 aliphatic rings. The van der Waals surface area contributed by atoms with Gasteiger partial charge >= 0.3 is 5.97 Å². The molecule has 0 bridgehead atoms. The van der Waals surface area contributed by atoms with Gasteiger partial charge in [-0.3, -0.25) is 9.69 Å². The molecule has 0 aromatic carbocycles. The Kier molecular flexibility index (Phi) is 4.59. The van der Waals surface area contributed by atoms with Crippen molar-refractivity contribution in [2.24, 2.45) is 5.92 Å². The lowest BCUT2D eigenvalue weighted by Gasteiger charge is -2.30. The fraction of sp³-hybridized carbons (Fsp3) is 0.583. The van der Waals surface area contributed by atoms with E-state index in [-0.39, 0.29) is 11.9 Å². The number of ether oxygens (including phenoxy) is 1. The highest BCUT2D eigenvalue weighted by molar-refractivity contribution is 9.10. The third-order valence-electron chi connectivity index (χ3n) is 3.04. The second-order valence-corrected chi connectivity index (χ2v) is 6.24. The summed E-state index contributed by atoms with van der Waals surface area (Å²) in [6.45, 7) is 2.83. The highest BCUT2D eigenvalue weighted by Gasteiger charge is 2.26. The Balaban J connectivity index is 1.91. The van der Waals surface area contributed by atoms with Crippen molar-refractivity contribution < 1.29 is 9.53 Å². The summed E-state index contributed by atoms with van der Waals surface area (Å²) < 4.78 is 5.96. The van der Waals surface area contributed by atoms with E-state index < -0.39 is 0 Å². The van der Waals surface area contributed by atoms with E-state index in [0.717, 1.165) is 36.9 Å². The monoisotopic (exact) mass is 317 g/mol. The van der Waals surface area contributed by atoms with E-state index in [2.05, 4.69) is 32.3 Å². The van der Waals surface area contributed by atoms with Gasteiger partial charge in [0.1, 0.15) is 0 Å². The highest BCUT2D eigenvalue weighted by atomic mass is 79.9. The van der Waals surface area contributed by atoms with E-state index >= 15 is 0 Å². The van der Waals surface area contributed by atoms with Crippen molar-refractivity contribution in [1.82, 2.24) is 4.90 Å². The van der Waals surface area contributed by atoms with E-state index in [1.807, 2.05) is 0 Å². The molecule has 2 rings (SSSR count). The normalized spacial score (nSPS) is 21.4. The van der Waals surface area contributed by atoms with Crippen LogP contribution in [0.1, 0.15) is 17.7 Å². The van der Waals surface area contributed by atoms with Crippen molar-refractivity contribution in [3.8, 4) is 0 Å². The second-order valence-electron chi connectivity index (χ2n) is 4.33. The van der Waals surface area contributed by atoms with Crippen LogP contribution in [0.5, 0.6) is 0 Å². The predicted octanol–water partition coefficient (Wildman–Crippen LogP) is 2.90. The van der Waals surface area contributed by atoms with E-state index in [1.165, 1.54) is 12.0 Å². The zero-order valence-electron chi connectivity index (χ0n) is 9.82. The molecule has 0 radical (unpaired) electrons. The average molecular weight is 318 g/mol. The molecule has 1 atom stereocenters. The molecule has 0 N–H and O–H groups in total. The van der Waals surface area contributed by atoms with Gasteiger partial charge in [0, 0.05) is 27.8 Å². The zero-order chi connectivity index (χ0) is 12.3. The van der Waals surface area contributed by atoms with Crippen molar-refractivity contribution >= 4 is 33.2 Å². The maximum atomic E-state index is 11.5. The lowest BCUT2D eigenvalue weighted by atomic mass is 9.98. The van der Waals surface area contributed by atoms with Crippen molar-refractivity contribution in [3.63, 3.8) is 0 Å². The number of halogens is 1. The molecule has 1 aromatic heterocycles. The molecule has 0 aliphatic carbocycles. The summed E-state index contributed by atoms with van der Waals surface area (Å²) in [5.41, 5.74) is 0. The van der Waals surface area contributed by atoms with Crippen LogP contribution >= 0.6 is 27.3 Å². The summed E-state index contributed by atoms with van der Waals surface area (Å²) >= 11 is 5.21. The third kappa shape index (κ3) is 3.53. The first-order valence-corrected chi connectivity index (χ1v) is 7.39. The Morgan fingerprint density at radius 3 is 3.18 bits per heavy atom. The number of likely N-dealkylation sites (tertiary alicyclic amines) is 1. The van der Waals surface area contributed by atoms with Crippen molar-refractivity contribution in [2.45, 2.75) is 19.4 Å². The molecule has 0 unspecified atom stereocenters. The van der Waals surface area contributed by atoms with Crippen LogP contribution in [0.25, 0.3) is 0 Å². The maximum absolute atomic E-state index is 11.5. The third-order valence-corrected chi connectivity index (χ3v) is 4.72. The summed E-state index contributed by atoms with van der Waals surface area (Å²) in [7, 11) is 1.47. The van der Waals surface area contributed by atoms with Gasteiger partial charge < -0.3 is 4.74 Å². The van der Waals surface area contributed by atoms with Crippen LogP contribution in [0.4, 0.5) is 0 Å². The maximum Gasteiger partial charge on any atom is 0.309 e. The molecular formula is C12H16BrNO2S. The molecule has 1 aliphatic heterocycles. The minimum Gasteiger partial charge on any atom is -0.469 e. The summed E-state index contributed by atoms with van der Waals surface area (Å²) in [5.74, 6) is -0.0146. The number of nitrogens with zero attached hydrogens (tertiary/aromatic N) is 1. The fourth-order valence-corrected chi connectivity index (χ4v) is 3.71. The van der Waals surface area contributed by atoms with Crippen LogP contribution in [0.2, 0.25) is 0 Å². The molecule has 94 valence electrons. The minimum atomic E-state index is -0.0675. The van der Waals surface area contributed by atoms with Crippen molar-refractivity contribution in [1.29, 1.82) is 0 Å². The average Bonchev–Trinajstić information content (AvgIpc) is 2.74. The number of carbonyl (C=O) groups excluding carboxylic acids is 1. The van der Waals surface area contributed by atoms with Gasteiger partial charge in [0.2, 0.25) is 0 Å². The molecular weight excluding hydrogens is 302 g/mol. The first kappa shape index (κ1) is 13.1. The van der Waals surface area contributed by atoms with Gasteiger partial charge in [-0.15, -0.1) is 11.3 Å².